The van der Waals surface area contributed by atoms with Gasteiger partial charge in [0.2, 0.25) is 5.91 Å². The molecule has 1 aliphatic rings. The normalized spacial score (nSPS) is 16.8. The second-order valence-corrected chi connectivity index (χ2v) is 6.04. The number of anilines is 2. The fraction of sp³-hybridized carbons (Fsp3) is 0.222. The lowest BCUT2D eigenvalue weighted by Crippen LogP contribution is -2.32. The number of nitrogens with one attached hydrogen (secondary N) is 1. The molecule has 0 aliphatic carbocycles. The van der Waals surface area contributed by atoms with Crippen molar-refractivity contribution in [2.45, 2.75) is 19.9 Å². The number of carbonyl (C=O) groups excluding carboxylic acids is 1. The van der Waals surface area contributed by atoms with Crippen LogP contribution in [0.5, 0.6) is 0 Å². The molecular formula is C18H19N5O2. The Balaban J connectivity index is 1.86. The van der Waals surface area contributed by atoms with E-state index in [0.29, 0.717) is 24.3 Å². The maximum Gasteiger partial charge on any atom is 0.240 e. The Hall–Kier alpha value is -3.22. The van der Waals surface area contributed by atoms with Gasteiger partial charge in [-0.25, -0.2) is 10.4 Å². The molecule has 0 fully saturated rings. The van der Waals surface area contributed by atoms with Gasteiger partial charge in [0, 0.05) is 17.9 Å². The van der Waals surface area contributed by atoms with Crippen LogP contribution in [0.15, 0.2) is 58.9 Å². The Morgan fingerprint density at radius 3 is 2.68 bits per heavy atom. The summed E-state index contributed by atoms with van der Waals surface area (Å²) in [5, 5.41) is 8.55. The van der Waals surface area contributed by atoms with Gasteiger partial charge in [-0.15, -0.1) is 4.91 Å². The summed E-state index contributed by atoms with van der Waals surface area (Å²) < 4.78 is 0. The SMILES string of the molecule is CC1CC(=O)NN=C1c1ccc(N(Cc2ccccc2)N=O)c(N)c1. The third kappa shape index (κ3) is 3.65. The van der Waals surface area contributed by atoms with E-state index in [-0.39, 0.29) is 11.8 Å². The van der Waals surface area contributed by atoms with Crippen LogP contribution in [0, 0.1) is 10.8 Å². The van der Waals surface area contributed by atoms with Crippen molar-refractivity contribution in [2.24, 2.45) is 16.3 Å². The minimum Gasteiger partial charge on any atom is -0.397 e. The largest absolute Gasteiger partial charge is 0.397 e. The van der Waals surface area contributed by atoms with E-state index < -0.39 is 0 Å². The van der Waals surface area contributed by atoms with Crippen molar-refractivity contribution in [3.63, 3.8) is 0 Å². The lowest BCUT2D eigenvalue weighted by molar-refractivity contribution is -0.121. The number of nitrogen functional groups attached to an aromatic ring is 1. The van der Waals surface area contributed by atoms with E-state index >= 15 is 0 Å². The Labute approximate surface area is 145 Å². The predicted octanol–water partition coefficient (Wildman–Crippen LogP) is 2.82. The highest BCUT2D eigenvalue weighted by Crippen LogP contribution is 2.28. The monoisotopic (exact) mass is 337 g/mol. The summed E-state index contributed by atoms with van der Waals surface area (Å²) in [6.45, 7) is 2.28. The van der Waals surface area contributed by atoms with Crippen LogP contribution >= 0.6 is 0 Å². The summed E-state index contributed by atoms with van der Waals surface area (Å²) in [5.41, 5.74) is 12.2. The number of nitroso groups, excluding NO2 is 1. The van der Waals surface area contributed by atoms with E-state index in [0.717, 1.165) is 16.8 Å². The van der Waals surface area contributed by atoms with Gasteiger partial charge >= 0.3 is 0 Å². The molecule has 1 amide bonds. The molecule has 25 heavy (non-hydrogen) atoms. The molecule has 1 atom stereocenters. The third-order valence-electron chi connectivity index (χ3n) is 4.13. The van der Waals surface area contributed by atoms with Gasteiger partial charge in [-0.05, 0) is 17.7 Å². The van der Waals surface area contributed by atoms with Crippen LogP contribution in [0.2, 0.25) is 0 Å². The summed E-state index contributed by atoms with van der Waals surface area (Å²) >= 11 is 0. The molecule has 3 N–H and O–H groups in total. The number of benzene rings is 2. The number of nitrogens with two attached hydrogens (primary N) is 1. The molecule has 2 aromatic rings. The zero-order chi connectivity index (χ0) is 17.8. The lowest BCUT2D eigenvalue weighted by atomic mass is 9.93. The molecule has 7 heteroatoms. The van der Waals surface area contributed by atoms with Crippen molar-refractivity contribution in [1.82, 2.24) is 5.43 Å². The average molecular weight is 337 g/mol. The number of rotatable bonds is 5. The molecule has 1 heterocycles. The Bertz CT molecular complexity index is 819. The van der Waals surface area contributed by atoms with Crippen LogP contribution in [0.25, 0.3) is 0 Å². The number of carbonyl (C=O) groups is 1. The molecule has 0 radical (unpaired) electrons. The van der Waals surface area contributed by atoms with Crippen molar-refractivity contribution in [1.29, 1.82) is 0 Å². The van der Waals surface area contributed by atoms with Crippen molar-refractivity contribution < 1.29 is 4.79 Å². The average Bonchev–Trinajstić information content (AvgIpc) is 2.61. The first-order valence-corrected chi connectivity index (χ1v) is 7.99. The zero-order valence-corrected chi connectivity index (χ0v) is 13.8. The van der Waals surface area contributed by atoms with Crippen LogP contribution in [0.3, 0.4) is 0 Å². The Kier molecular flexibility index (Phi) is 4.74. The van der Waals surface area contributed by atoms with E-state index in [2.05, 4.69) is 15.8 Å². The Morgan fingerprint density at radius 2 is 2.04 bits per heavy atom. The third-order valence-corrected chi connectivity index (χ3v) is 4.13. The minimum absolute atomic E-state index is 0.00335. The summed E-state index contributed by atoms with van der Waals surface area (Å²) in [6, 6.07) is 14.9. The molecule has 7 nitrogen and oxygen atoms in total. The number of hydrogen-bond acceptors (Lipinski definition) is 5. The van der Waals surface area contributed by atoms with Gasteiger partial charge in [0.1, 0.15) is 0 Å². The lowest BCUT2D eigenvalue weighted by Gasteiger charge is -2.21. The molecule has 0 aromatic heterocycles. The number of amides is 1. The molecule has 0 bridgehead atoms. The minimum atomic E-state index is -0.0972. The molecule has 0 spiro atoms. The van der Waals surface area contributed by atoms with Gasteiger partial charge in [0.05, 0.1) is 28.9 Å². The van der Waals surface area contributed by atoms with Gasteiger partial charge in [0.15, 0.2) is 0 Å². The van der Waals surface area contributed by atoms with Gasteiger partial charge in [-0.1, -0.05) is 43.3 Å². The smallest absolute Gasteiger partial charge is 0.240 e. The molecule has 3 rings (SSSR count). The van der Waals surface area contributed by atoms with Gasteiger partial charge in [0.25, 0.3) is 0 Å². The van der Waals surface area contributed by atoms with Gasteiger partial charge < -0.3 is 5.73 Å². The van der Waals surface area contributed by atoms with E-state index in [4.69, 9.17) is 5.73 Å². The summed E-state index contributed by atoms with van der Waals surface area (Å²) in [4.78, 5) is 22.7. The maximum absolute atomic E-state index is 11.4. The van der Waals surface area contributed by atoms with Crippen LogP contribution in [-0.4, -0.2) is 11.6 Å². The molecule has 0 saturated heterocycles. The molecular weight excluding hydrogens is 318 g/mol. The fourth-order valence-corrected chi connectivity index (χ4v) is 2.87. The van der Waals surface area contributed by atoms with E-state index in [1.807, 2.05) is 43.3 Å². The highest BCUT2D eigenvalue weighted by atomic mass is 16.3. The van der Waals surface area contributed by atoms with E-state index in [1.165, 1.54) is 5.01 Å². The zero-order valence-electron chi connectivity index (χ0n) is 13.8. The Morgan fingerprint density at radius 1 is 1.28 bits per heavy atom. The highest BCUT2D eigenvalue weighted by molar-refractivity contribution is 6.06. The first-order valence-electron chi connectivity index (χ1n) is 7.99. The second kappa shape index (κ2) is 7.12. The quantitative estimate of drug-likeness (QED) is 0.498. The topological polar surface area (TPSA) is 100 Å². The van der Waals surface area contributed by atoms with Crippen molar-refractivity contribution >= 4 is 23.0 Å². The molecule has 128 valence electrons. The van der Waals surface area contributed by atoms with Crippen molar-refractivity contribution in [3.8, 4) is 0 Å². The van der Waals surface area contributed by atoms with E-state index in [9.17, 15) is 9.70 Å². The molecule has 1 aliphatic heterocycles. The second-order valence-electron chi connectivity index (χ2n) is 6.04. The van der Waals surface area contributed by atoms with Crippen molar-refractivity contribution in [2.75, 3.05) is 10.7 Å². The summed E-state index contributed by atoms with van der Waals surface area (Å²) in [5.74, 6) is -0.0938. The summed E-state index contributed by atoms with van der Waals surface area (Å²) in [7, 11) is 0. The number of nitrogens with zero attached hydrogens (tertiary/aromatic N) is 3. The highest BCUT2D eigenvalue weighted by Gasteiger charge is 2.22. The molecule has 0 saturated carbocycles. The molecule has 1 unspecified atom stereocenters. The first-order chi connectivity index (χ1) is 12.1. The first kappa shape index (κ1) is 16.6. The maximum atomic E-state index is 11.4. The predicted molar refractivity (Wildman–Crippen MR) is 97.7 cm³/mol. The number of hydrogen-bond donors (Lipinski definition) is 2. The fourth-order valence-electron chi connectivity index (χ4n) is 2.87. The van der Waals surface area contributed by atoms with Gasteiger partial charge in [-0.3, -0.25) is 4.79 Å². The molecule has 2 aromatic carbocycles. The van der Waals surface area contributed by atoms with Crippen LogP contribution in [-0.2, 0) is 11.3 Å². The standard InChI is InChI=1S/C18H19N5O2/c1-12-9-17(24)20-21-18(12)14-7-8-16(15(19)10-14)23(22-25)11-13-5-3-2-4-6-13/h2-8,10,12H,9,11,19H2,1H3,(H,20,24). The van der Waals surface area contributed by atoms with Crippen LogP contribution < -0.4 is 16.2 Å². The number of hydrazone groups is 1. The van der Waals surface area contributed by atoms with Crippen LogP contribution in [0.1, 0.15) is 24.5 Å². The van der Waals surface area contributed by atoms with Gasteiger partial charge in [-0.2, -0.15) is 5.10 Å². The summed E-state index contributed by atoms with van der Waals surface area (Å²) in [6.07, 6.45) is 0.385. The van der Waals surface area contributed by atoms with Crippen molar-refractivity contribution in [3.05, 3.63) is 64.6 Å². The van der Waals surface area contributed by atoms with E-state index in [1.54, 1.807) is 12.1 Å². The van der Waals surface area contributed by atoms with Crippen LogP contribution in [0.4, 0.5) is 11.4 Å².